The van der Waals surface area contributed by atoms with Gasteiger partial charge in [-0.25, -0.2) is 0 Å². The minimum Gasteiger partial charge on any atom is -0.256 e. The van der Waals surface area contributed by atoms with E-state index in [4.69, 9.17) is 11.6 Å². The van der Waals surface area contributed by atoms with Crippen LogP contribution in [0.1, 0.15) is 33.3 Å². The Bertz CT molecular complexity index is 424. The fraction of sp³-hybridized carbons (Fsp3) is 0.357. The molecule has 0 saturated heterocycles. The quantitative estimate of drug-likeness (QED) is 0.610. The molecule has 0 saturated carbocycles. The van der Waals surface area contributed by atoms with Crippen molar-refractivity contribution in [3.8, 4) is 0 Å². The smallest absolute Gasteiger partial charge is 0.0719 e. The van der Waals surface area contributed by atoms with E-state index in [0.717, 1.165) is 10.5 Å². The molecule has 0 radical (unpaired) electrons. The largest absolute Gasteiger partial charge is 0.256 e. The van der Waals surface area contributed by atoms with Crippen molar-refractivity contribution in [2.75, 3.05) is 0 Å². The van der Waals surface area contributed by atoms with Crippen LogP contribution in [0.2, 0.25) is 5.02 Å². The van der Waals surface area contributed by atoms with Crippen molar-refractivity contribution < 1.29 is 0 Å². The lowest BCUT2D eigenvalue weighted by Gasteiger charge is -1.99. The van der Waals surface area contributed by atoms with Crippen molar-refractivity contribution in [2.24, 2.45) is 0 Å². The van der Waals surface area contributed by atoms with E-state index in [1.165, 1.54) is 10.9 Å². The van der Waals surface area contributed by atoms with E-state index in [9.17, 15) is 0 Å². The van der Waals surface area contributed by atoms with E-state index >= 15 is 0 Å². The zero-order valence-corrected chi connectivity index (χ0v) is 11.5. The Morgan fingerprint density at radius 1 is 1.00 bits per heavy atom. The number of benzene rings is 1. The van der Waals surface area contributed by atoms with Crippen molar-refractivity contribution in [1.82, 2.24) is 4.98 Å². The number of halogens is 1. The van der Waals surface area contributed by atoms with Gasteiger partial charge in [0.05, 0.1) is 5.52 Å². The molecular formula is C14H20ClN. The van der Waals surface area contributed by atoms with E-state index in [0.29, 0.717) is 0 Å². The Labute approximate surface area is 103 Å². The lowest BCUT2D eigenvalue weighted by atomic mass is 10.1. The molecule has 1 aromatic carbocycles. The van der Waals surface area contributed by atoms with Crippen LogP contribution in [-0.4, -0.2) is 4.98 Å². The van der Waals surface area contributed by atoms with Gasteiger partial charge in [-0.3, -0.25) is 4.98 Å². The standard InChI is InChI=1S/C10H8ClN.2C2H6/c1-7-4-5-12-10-6-8(11)2-3-9(7)10;2*1-2/h2-6H,1H3;2*1-2H3. The summed E-state index contributed by atoms with van der Waals surface area (Å²) in [5.41, 5.74) is 2.19. The normalized spacial score (nSPS) is 8.62. The summed E-state index contributed by atoms with van der Waals surface area (Å²) in [5, 5.41) is 1.91. The SMILES string of the molecule is CC.CC.Cc1ccnc2cc(Cl)ccc12. The van der Waals surface area contributed by atoms with Gasteiger partial charge < -0.3 is 0 Å². The van der Waals surface area contributed by atoms with Crippen LogP contribution in [0.3, 0.4) is 0 Å². The molecule has 0 aliphatic carbocycles. The molecule has 0 spiro atoms. The molecule has 0 N–H and O–H groups in total. The van der Waals surface area contributed by atoms with Gasteiger partial charge in [-0.05, 0) is 30.7 Å². The second kappa shape index (κ2) is 8.12. The van der Waals surface area contributed by atoms with E-state index in [2.05, 4.69) is 11.9 Å². The molecule has 2 rings (SSSR count). The number of fused-ring (bicyclic) bond motifs is 1. The van der Waals surface area contributed by atoms with Crippen molar-refractivity contribution in [3.63, 3.8) is 0 Å². The predicted octanol–water partition coefficient (Wildman–Crippen LogP) is 5.25. The van der Waals surface area contributed by atoms with Crippen molar-refractivity contribution in [3.05, 3.63) is 41.0 Å². The third-order valence-corrected chi connectivity index (χ3v) is 2.16. The second-order valence-corrected chi connectivity index (χ2v) is 3.23. The van der Waals surface area contributed by atoms with E-state index in [1.54, 1.807) is 6.20 Å². The Kier molecular flexibility index (Phi) is 7.57. The molecule has 2 heteroatoms. The fourth-order valence-electron chi connectivity index (χ4n) is 1.26. The maximum Gasteiger partial charge on any atom is 0.0719 e. The predicted molar refractivity (Wildman–Crippen MR) is 74.2 cm³/mol. The zero-order chi connectivity index (χ0) is 12.6. The molecule has 0 unspecified atom stereocenters. The molecule has 1 aromatic heterocycles. The minimum absolute atomic E-state index is 0.737. The van der Waals surface area contributed by atoms with Crippen molar-refractivity contribution in [2.45, 2.75) is 34.6 Å². The molecule has 0 amide bonds. The van der Waals surface area contributed by atoms with E-state index < -0.39 is 0 Å². The lowest BCUT2D eigenvalue weighted by molar-refractivity contribution is 1.37. The summed E-state index contributed by atoms with van der Waals surface area (Å²) in [6.45, 7) is 10.1. The Hall–Kier alpha value is -1.08. The number of rotatable bonds is 0. The Balaban J connectivity index is 0.000000509. The molecule has 0 fully saturated rings. The lowest BCUT2D eigenvalue weighted by Crippen LogP contribution is -1.81. The molecule has 1 nitrogen and oxygen atoms in total. The number of hydrogen-bond acceptors (Lipinski definition) is 1. The van der Waals surface area contributed by atoms with Crippen LogP contribution in [0.15, 0.2) is 30.5 Å². The third-order valence-electron chi connectivity index (χ3n) is 1.92. The maximum absolute atomic E-state index is 5.83. The van der Waals surface area contributed by atoms with Gasteiger partial charge in [0, 0.05) is 16.6 Å². The average molecular weight is 238 g/mol. The van der Waals surface area contributed by atoms with Crippen LogP contribution in [0.4, 0.5) is 0 Å². The average Bonchev–Trinajstić information content (AvgIpc) is 2.34. The highest BCUT2D eigenvalue weighted by Gasteiger charge is 1.97. The minimum atomic E-state index is 0.737. The molecular weight excluding hydrogens is 218 g/mol. The summed E-state index contributed by atoms with van der Waals surface area (Å²) in [6.07, 6.45) is 1.80. The van der Waals surface area contributed by atoms with Crippen LogP contribution in [0, 0.1) is 6.92 Å². The number of nitrogens with zero attached hydrogens (tertiary/aromatic N) is 1. The summed E-state index contributed by atoms with van der Waals surface area (Å²) >= 11 is 5.83. The Morgan fingerprint density at radius 2 is 1.62 bits per heavy atom. The van der Waals surface area contributed by atoms with Gasteiger partial charge in [0.1, 0.15) is 0 Å². The van der Waals surface area contributed by atoms with E-state index in [1.807, 2.05) is 52.0 Å². The summed E-state index contributed by atoms with van der Waals surface area (Å²) in [7, 11) is 0. The first kappa shape index (κ1) is 14.9. The molecule has 1 heterocycles. The van der Waals surface area contributed by atoms with Gasteiger partial charge in [-0.15, -0.1) is 0 Å². The number of aryl methyl sites for hydroxylation is 1. The zero-order valence-electron chi connectivity index (χ0n) is 10.7. The van der Waals surface area contributed by atoms with Gasteiger partial charge in [0.15, 0.2) is 0 Å². The molecule has 16 heavy (non-hydrogen) atoms. The molecule has 2 aromatic rings. The highest BCUT2D eigenvalue weighted by Crippen LogP contribution is 2.19. The van der Waals surface area contributed by atoms with Gasteiger partial charge >= 0.3 is 0 Å². The second-order valence-electron chi connectivity index (χ2n) is 2.79. The van der Waals surface area contributed by atoms with Gasteiger partial charge in [0.25, 0.3) is 0 Å². The highest BCUT2D eigenvalue weighted by atomic mass is 35.5. The first-order chi connectivity index (χ1) is 7.77. The molecule has 0 aliphatic rings. The number of pyridine rings is 1. The highest BCUT2D eigenvalue weighted by molar-refractivity contribution is 6.31. The van der Waals surface area contributed by atoms with Crippen LogP contribution >= 0.6 is 11.6 Å². The van der Waals surface area contributed by atoms with Crippen LogP contribution in [-0.2, 0) is 0 Å². The van der Waals surface area contributed by atoms with Crippen molar-refractivity contribution in [1.29, 1.82) is 0 Å². The molecule has 0 aliphatic heterocycles. The van der Waals surface area contributed by atoms with Crippen LogP contribution in [0.25, 0.3) is 10.9 Å². The number of aromatic nitrogens is 1. The van der Waals surface area contributed by atoms with Crippen molar-refractivity contribution >= 4 is 22.5 Å². The topological polar surface area (TPSA) is 12.9 Å². The number of hydrogen-bond donors (Lipinski definition) is 0. The van der Waals surface area contributed by atoms with Gasteiger partial charge in [0.2, 0.25) is 0 Å². The summed E-state index contributed by atoms with van der Waals surface area (Å²) in [6, 6.07) is 7.76. The molecule has 88 valence electrons. The first-order valence-electron chi connectivity index (χ1n) is 5.78. The summed E-state index contributed by atoms with van der Waals surface area (Å²) in [5.74, 6) is 0. The van der Waals surface area contributed by atoms with Crippen LogP contribution < -0.4 is 0 Å². The van der Waals surface area contributed by atoms with Gasteiger partial charge in [-0.2, -0.15) is 0 Å². The van der Waals surface area contributed by atoms with E-state index in [-0.39, 0.29) is 0 Å². The maximum atomic E-state index is 5.83. The Morgan fingerprint density at radius 3 is 2.25 bits per heavy atom. The summed E-state index contributed by atoms with van der Waals surface area (Å²) < 4.78 is 0. The monoisotopic (exact) mass is 237 g/mol. The fourth-order valence-corrected chi connectivity index (χ4v) is 1.43. The van der Waals surface area contributed by atoms with Gasteiger partial charge in [-0.1, -0.05) is 45.4 Å². The van der Waals surface area contributed by atoms with Crippen LogP contribution in [0.5, 0.6) is 0 Å². The third kappa shape index (κ3) is 3.82. The first-order valence-corrected chi connectivity index (χ1v) is 6.16. The molecule has 0 atom stereocenters. The summed E-state index contributed by atoms with van der Waals surface area (Å²) in [4.78, 5) is 4.22. The molecule has 0 bridgehead atoms.